The summed E-state index contributed by atoms with van der Waals surface area (Å²) in [5.74, 6) is -0.289. The third kappa shape index (κ3) is 5.60. The van der Waals surface area contributed by atoms with E-state index < -0.39 is 0 Å². The van der Waals surface area contributed by atoms with Crippen LogP contribution < -0.4 is 5.32 Å². The molecule has 1 N–H and O–H groups in total. The predicted molar refractivity (Wildman–Crippen MR) is 90.7 cm³/mol. The van der Waals surface area contributed by atoms with E-state index in [0.29, 0.717) is 26.1 Å². The van der Waals surface area contributed by atoms with Crippen LogP contribution in [0.3, 0.4) is 0 Å². The van der Waals surface area contributed by atoms with Gasteiger partial charge in [0.25, 0.3) is 0 Å². The molecule has 24 heavy (non-hydrogen) atoms. The zero-order valence-corrected chi connectivity index (χ0v) is 14.4. The Hall–Kier alpha value is -1.95. The molecule has 2 amide bonds. The molecule has 132 valence electrons. The fourth-order valence-electron chi connectivity index (χ4n) is 2.97. The van der Waals surface area contributed by atoms with E-state index in [4.69, 9.17) is 0 Å². The third-order valence-electron chi connectivity index (χ3n) is 4.31. The summed E-state index contributed by atoms with van der Waals surface area (Å²) in [5, 5.41) is 2.86. The molecule has 0 saturated carbocycles. The van der Waals surface area contributed by atoms with Crippen molar-refractivity contribution in [3.63, 3.8) is 0 Å². The minimum atomic E-state index is -0.232. The second-order valence-corrected chi connectivity index (χ2v) is 6.53. The van der Waals surface area contributed by atoms with Crippen molar-refractivity contribution in [1.82, 2.24) is 15.1 Å². The number of nitrogens with one attached hydrogen (secondary N) is 1. The average Bonchev–Trinajstić information content (AvgIpc) is 2.54. The Morgan fingerprint density at radius 1 is 1.38 bits per heavy atom. The Balaban J connectivity index is 1.79. The van der Waals surface area contributed by atoms with Crippen LogP contribution in [0.5, 0.6) is 0 Å². The molecule has 1 saturated heterocycles. The molecule has 1 aromatic carbocycles. The number of carbonyl (C=O) groups excluding carboxylic acids is 2. The van der Waals surface area contributed by atoms with Gasteiger partial charge in [-0.05, 0) is 37.1 Å². The molecule has 0 bridgehead atoms. The molecule has 1 atom stereocenters. The van der Waals surface area contributed by atoms with E-state index in [9.17, 15) is 14.0 Å². The number of amides is 2. The fraction of sp³-hybridized carbons (Fsp3) is 0.556. The van der Waals surface area contributed by atoms with Crippen LogP contribution in [0.15, 0.2) is 24.3 Å². The lowest BCUT2D eigenvalue weighted by Gasteiger charge is -2.32. The SMILES string of the molecule is CN(C)C(=O)CCNC(=O)[C@H]1CCCN(Cc2cccc(F)c2)C1. The van der Waals surface area contributed by atoms with E-state index in [1.165, 1.54) is 17.0 Å². The van der Waals surface area contributed by atoms with E-state index in [1.807, 2.05) is 6.07 Å². The molecule has 0 unspecified atom stereocenters. The minimum Gasteiger partial charge on any atom is -0.355 e. The molecular formula is C18H26FN3O2. The van der Waals surface area contributed by atoms with Gasteiger partial charge in [-0.25, -0.2) is 4.39 Å². The van der Waals surface area contributed by atoms with E-state index in [1.54, 1.807) is 20.2 Å². The zero-order chi connectivity index (χ0) is 17.5. The summed E-state index contributed by atoms with van der Waals surface area (Å²) in [6.45, 7) is 2.61. The monoisotopic (exact) mass is 335 g/mol. The molecule has 0 spiro atoms. The number of carbonyl (C=O) groups is 2. The molecule has 1 fully saturated rings. The first-order valence-electron chi connectivity index (χ1n) is 8.40. The van der Waals surface area contributed by atoms with Crippen molar-refractivity contribution < 1.29 is 14.0 Å². The Morgan fingerprint density at radius 2 is 2.17 bits per heavy atom. The Kier molecular flexibility index (Phi) is 6.73. The maximum Gasteiger partial charge on any atom is 0.224 e. The topological polar surface area (TPSA) is 52.7 Å². The van der Waals surface area contributed by atoms with Gasteiger partial charge < -0.3 is 10.2 Å². The maximum atomic E-state index is 13.3. The lowest BCUT2D eigenvalue weighted by Crippen LogP contribution is -2.43. The third-order valence-corrected chi connectivity index (χ3v) is 4.31. The lowest BCUT2D eigenvalue weighted by molar-refractivity contribution is -0.129. The van der Waals surface area contributed by atoms with E-state index in [-0.39, 0.29) is 23.5 Å². The van der Waals surface area contributed by atoms with Gasteiger partial charge in [0.15, 0.2) is 0 Å². The van der Waals surface area contributed by atoms with Gasteiger partial charge in [0, 0.05) is 40.2 Å². The first-order chi connectivity index (χ1) is 11.5. The zero-order valence-electron chi connectivity index (χ0n) is 14.4. The van der Waals surface area contributed by atoms with Gasteiger partial charge >= 0.3 is 0 Å². The number of rotatable bonds is 6. The predicted octanol–water partition coefficient (Wildman–Crippen LogP) is 1.63. The molecular weight excluding hydrogens is 309 g/mol. The van der Waals surface area contributed by atoms with Gasteiger partial charge in [0.2, 0.25) is 11.8 Å². The van der Waals surface area contributed by atoms with Gasteiger partial charge in [-0.1, -0.05) is 12.1 Å². The van der Waals surface area contributed by atoms with Gasteiger partial charge in [-0.3, -0.25) is 14.5 Å². The van der Waals surface area contributed by atoms with Crippen LogP contribution in [0.2, 0.25) is 0 Å². The van der Waals surface area contributed by atoms with Gasteiger partial charge in [0.05, 0.1) is 5.92 Å². The van der Waals surface area contributed by atoms with Crippen LogP contribution in [-0.4, -0.2) is 55.3 Å². The Labute approximate surface area is 142 Å². The van der Waals surface area contributed by atoms with Crippen molar-refractivity contribution in [2.45, 2.75) is 25.8 Å². The molecule has 0 aromatic heterocycles. The first-order valence-corrected chi connectivity index (χ1v) is 8.40. The summed E-state index contributed by atoms with van der Waals surface area (Å²) in [6.07, 6.45) is 2.12. The van der Waals surface area contributed by atoms with E-state index in [0.717, 1.165) is 24.9 Å². The summed E-state index contributed by atoms with van der Waals surface area (Å²) >= 11 is 0. The largest absolute Gasteiger partial charge is 0.355 e. The maximum absolute atomic E-state index is 13.3. The second kappa shape index (κ2) is 8.78. The summed E-state index contributed by atoms with van der Waals surface area (Å²) in [5.41, 5.74) is 0.924. The Bertz CT molecular complexity index is 577. The number of hydrogen-bond acceptors (Lipinski definition) is 3. The smallest absolute Gasteiger partial charge is 0.224 e. The molecule has 6 heteroatoms. The highest BCUT2D eigenvalue weighted by molar-refractivity contribution is 5.80. The summed E-state index contributed by atoms with van der Waals surface area (Å²) in [4.78, 5) is 27.5. The number of likely N-dealkylation sites (tertiary alicyclic amines) is 1. The summed E-state index contributed by atoms with van der Waals surface area (Å²) in [6, 6.07) is 6.59. The molecule has 1 aromatic rings. The number of hydrogen-bond donors (Lipinski definition) is 1. The van der Waals surface area contributed by atoms with Crippen LogP contribution in [-0.2, 0) is 16.1 Å². The first kappa shape index (κ1) is 18.4. The molecule has 0 radical (unpaired) electrons. The molecule has 1 aliphatic rings. The second-order valence-electron chi connectivity index (χ2n) is 6.53. The highest BCUT2D eigenvalue weighted by Crippen LogP contribution is 2.19. The van der Waals surface area contributed by atoms with Crippen molar-refractivity contribution in [2.75, 3.05) is 33.7 Å². The van der Waals surface area contributed by atoms with Crippen molar-refractivity contribution in [2.24, 2.45) is 5.92 Å². The van der Waals surface area contributed by atoms with Gasteiger partial charge in [-0.2, -0.15) is 0 Å². The van der Waals surface area contributed by atoms with E-state index in [2.05, 4.69) is 10.2 Å². The number of piperidine rings is 1. The van der Waals surface area contributed by atoms with E-state index >= 15 is 0 Å². The normalized spacial score (nSPS) is 18.2. The fourth-order valence-corrected chi connectivity index (χ4v) is 2.97. The van der Waals surface area contributed by atoms with Crippen LogP contribution in [0.25, 0.3) is 0 Å². The van der Waals surface area contributed by atoms with Crippen molar-refractivity contribution >= 4 is 11.8 Å². The lowest BCUT2D eigenvalue weighted by atomic mass is 9.96. The minimum absolute atomic E-state index is 0.00509. The molecule has 2 rings (SSSR count). The van der Waals surface area contributed by atoms with Crippen LogP contribution in [0.4, 0.5) is 4.39 Å². The highest BCUT2D eigenvalue weighted by atomic mass is 19.1. The highest BCUT2D eigenvalue weighted by Gasteiger charge is 2.25. The number of halogens is 1. The Morgan fingerprint density at radius 3 is 2.88 bits per heavy atom. The van der Waals surface area contributed by atoms with Crippen LogP contribution in [0, 0.1) is 11.7 Å². The number of benzene rings is 1. The summed E-state index contributed by atoms with van der Waals surface area (Å²) in [7, 11) is 3.41. The van der Waals surface area contributed by atoms with Crippen molar-refractivity contribution in [3.05, 3.63) is 35.6 Å². The average molecular weight is 335 g/mol. The molecule has 1 heterocycles. The molecule has 5 nitrogen and oxygen atoms in total. The van der Waals surface area contributed by atoms with Crippen molar-refractivity contribution in [1.29, 1.82) is 0 Å². The number of nitrogens with zero attached hydrogens (tertiary/aromatic N) is 2. The van der Waals surface area contributed by atoms with Gasteiger partial charge in [0.1, 0.15) is 5.82 Å². The molecule has 0 aliphatic carbocycles. The quantitative estimate of drug-likeness (QED) is 0.860. The summed E-state index contributed by atoms with van der Waals surface area (Å²) < 4.78 is 13.3. The van der Waals surface area contributed by atoms with Crippen LogP contribution in [0.1, 0.15) is 24.8 Å². The van der Waals surface area contributed by atoms with Crippen LogP contribution >= 0.6 is 0 Å². The standard InChI is InChI=1S/C18H26FN3O2/c1-21(2)17(23)8-9-20-18(24)15-6-4-10-22(13-15)12-14-5-3-7-16(19)11-14/h3,5,7,11,15H,4,6,8-10,12-13H2,1-2H3,(H,20,24)/t15-/m0/s1. The van der Waals surface area contributed by atoms with Crippen molar-refractivity contribution in [3.8, 4) is 0 Å². The van der Waals surface area contributed by atoms with Gasteiger partial charge in [-0.15, -0.1) is 0 Å². The molecule has 1 aliphatic heterocycles.